The fourth-order valence-corrected chi connectivity index (χ4v) is 5.45. The van der Waals surface area contributed by atoms with Gasteiger partial charge in [0.25, 0.3) is 0 Å². The maximum atomic E-state index is 12.6. The minimum atomic E-state index is -4.42. The predicted octanol–water partition coefficient (Wildman–Crippen LogP) is 7.87. The number of unbranched alkanes of at least 4 members (excludes halogenated alkanes) is 12. The molecular weight excluding hydrogens is 717 g/mol. The Morgan fingerprint density at radius 3 is 1.48 bits per heavy atom. The number of carbonyl (C=O) groups excluding carboxylic acids is 4. The zero-order chi connectivity index (χ0) is 40.3. The Bertz CT molecular complexity index is 1190. The number of hydrogen-bond donors (Lipinski definition) is 1. The topological polar surface area (TPSA) is 161 Å². The second-order valence-corrected chi connectivity index (χ2v) is 15.4. The normalized spacial score (nSPS) is 13.8. The second kappa shape index (κ2) is 33.3. The van der Waals surface area contributed by atoms with Crippen LogP contribution in [0.2, 0.25) is 0 Å². The number of carbonyl (C=O) groups is 4. The summed E-state index contributed by atoms with van der Waals surface area (Å²) in [6, 6.07) is 0. The van der Waals surface area contributed by atoms with Crippen molar-refractivity contribution in [1.29, 1.82) is 0 Å². The molecule has 0 bridgehead atoms. The smallest absolute Gasteiger partial charge is 0.463 e. The molecule has 0 aromatic heterocycles. The van der Waals surface area contributed by atoms with Gasteiger partial charge in [-0.2, -0.15) is 0 Å². The van der Waals surface area contributed by atoms with E-state index in [1.807, 2.05) is 47.1 Å². The third-order valence-corrected chi connectivity index (χ3v) is 8.76. The molecule has 0 amide bonds. The van der Waals surface area contributed by atoms with Gasteiger partial charge >= 0.3 is 31.7 Å². The van der Waals surface area contributed by atoms with Gasteiger partial charge in [0.05, 0.1) is 41.0 Å². The van der Waals surface area contributed by atoms with Crippen LogP contribution < -0.4 is 0 Å². The van der Waals surface area contributed by atoms with Crippen molar-refractivity contribution in [3.8, 4) is 0 Å². The number of nitrogens with zero attached hydrogens (tertiary/aromatic N) is 1. The van der Waals surface area contributed by atoms with Crippen LogP contribution in [0.1, 0.15) is 117 Å². The summed E-state index contributed by atoms with van der Waals surface area (Å²) in [5.41, 5.74) is 0. The molecule has 14 heteroatoms. The third kappa shape index (κ3) is 35.9. The van der Waals surface area contributed by atoms with Crippen molar-refractivity contribution in [2.45, 2.75) is 123 Å². The number of quaternary nitrogens is 1. The molecule has 0 fully saturated rings. The van der Waals surface area contributed by atoms with Crippen LogP contribution in [-0.4, -0.2) is 100 Å². The van der Waals surface area contributed by atoms with Gasteiger partial charge in [0, 0.05) is 25.0 Å². The van der Waals surface area contributed by atoms with Gasteiger partial charge in [-0.25, -0.2) is 14.2 Å². The van der Waals surface area contributed by atoms with E-state index in [-0.39, 0.29) is 38.0 Å². The Morgan fingerprint density at radius 1 is 0.574 bits per heavy atom. The van der Waals surface area contributed by atoms with Crippen molar-refractivity contribution >= 4 is 31.7 Å². The van der Waals surface area contributed by atoms with Crippen molar-refractivity contribution in [1.82, 2.24) is 0 Å². The predicted molar refractivity (Wildman–Crippen MR) is 209 cm³/mol. The zero-order valence-electron chi connectivity index (χ0n) is 33.6. The number of esters is 4. The average Bonchev–Trinajstić information content (AvgIpc) is 3.10. The van der Waals surface area contributed by atoms with Crippen molar-refractivity contribution < 1.29 is 61.1 Å². The van der Waals surface area contributed by atoms with E-state index in [4.69, 9.17) is 28.0 Å². The summed E-state index contributed by atoms with van der Waals surface area (Å²) in [7, 11) is 1.33. The molecule has 0 aromatic carbocycles. The van der Waals surface area contributed by atoms with Gasteiger partial charge in [0.2, 0.25) is 0 Å². The number of rotatable bonds is 34. The monoisotopic (exact) mass is 786 g/mol. The van der Waals surface area contributed by atoms with Gasteiger partial charge in [-0.3, -0.25) is 18.6 Å². The Balaban J connectivity index is 4.46. The van der Waals surface area contributed by atoms with E-state index in [2.05, 4.69) is 0 Å². The lowest BCUT2D eigenvalue weighted by atomic mass is 10.1. The Labute approximate surface area is 324 Å². The number of likely N-dealkylation sites (N-methyl/N-ethyl adjacent to an activating group) is 1. The summed E-state index contributed by atoms with van der Waals surface area (Å²) in [6.07, 6.45) is 24.9. The van der Waals surface area contributed by atoms with Gasteiger partial charge in [-0.15, -0.1) is 0 Å². The largest absolute Gasteiger partial charge is 0.472 e. The number of phosphoric ester groups is 1. The van der Waals surface area contributed by atoms with Crippen LogP contribution in [0.25, 0.3) is 0 Å². The summed E-state index contributed by atoms with van der Waals surface area (Å²) < 4.78 is 44.3. The highest BCUT2D eigenvalue weighted by atomic mass is 31.2. The Morgan fingerprint density at radius 2 is 1.02 bits per heavy atom. The fourth-order valence-electron chi connectivity index (χ4n) is 4.71. The molecule has 13 nitrogen and oxygen atoms in total. The minimum Gasteiger partial charge on any atom is -0.463 e. The standard InChI is InChI=1S/C40H68NO12P/c1-6-8-20-26-37(42)48-31-24-18-14-10-12-16-22-28-39(44)50-34-36(35-52-54(46,47)51-33-30-41(3,4)5)53-40(45)29-23-17-13-11-15-19-25-32-49-38(43)27-21-9-7-2/h6-9,20-21,26-27,36H,10-19,22-25,28-35H2,1-5H3/p+1/b8-6+,9-7+,26-20+,27-21+/t36-/m1/s1. The van der Waals surface area contributed by atoms with Gasteiger partial charge in [0.1, 0.15) is 19.8 Å². The van der Waals surface area contributed by atoms with E-state index in [1.54, 1.807) is 24.3 Å². The fraction of sp³-hybridized carbons (Fsp3) is 0.700. The first-order chi connectivity index (χ1) is 25.8. The van der Waals surface area contributed by atoms with Crippen molar-refractivity contribution in [2.24, 2.45) is 0 Å². The summed E-state index contributed by atoms with van der Waals surface area (Å²) in [5, 5.41) is 0. The second-order valence-electron chi connectivity index (χ2n) is 14.0. The quantitative estimate of drug-likeness (QED) is 0.0128. The molecule has 1 N–H and O–H groups in total. The molecule has 0 radical (unpaired) electrons. The number of hydrogen-bond acceptors (Lipinski definition) is 11. The molecular formula is C40H69NO12P+. The van der Waals surface area contributed by atoms with Crippen LogP contribution in [0.4, 0.5) is 0 Å². The molecule has 0 spiro atoms. The van der Waals surface area contributed by atoms with Crippen LogP contribution in [0.5, 0.6) is 0 Å². The minimum absolute atomic E-state index is 0.0104. The summed E-state index contributed by atoms with van der Waals surface area (Å²) in [5.74, 6) is -1.66. The van der Waals surface area contributed by atoms with E-state index in [0.717, 1.165) is 77.0 Å². The lowest BCUT2D eigenvalue weighted by molar-refractivity contribution is -0.870. The molecule has 2 atom stereocenters. The molecule has 0 rings (SSSR count). The van der Waals surface area contributed by atoms with Gasteiger partial charge in [-0.1, -0.05) is 101 Å². The lowest BCUT2D eigenvalue weighted by Gasteiger charge is -2.24. The molecule has 310 valence electrons. The molecule has 0 aliphatic carbocycles. The first-order valence-electron chi connectivity index (χ1n) is 19.5. The summed E-state index contributed by atoms with van der Waals surface area (Å²) in [6.45, 7) is 4.21. The van der Waals surface area contributed by atoms with Gasteiger partial charge in [-0.05, 0) is 39.5 Å². The van der Waals surface area contributed by atoms with Gasteiger partial charge < -0.3 is 28.3 Å². The first kappa shape index (κ1) is 50.9. The molecule has 0 saturated heterocycles. The van der Waals surface area contributed by atoms with Crippen LogP contribution >= 0.6 is 7.82 Å². The van der Waals surface area contributed by atoms with E-state index in [0.29, 0.717) is 37.1 Å². The summed E-state index contributed by atoms with van der Waals surface area (Å²) >= 11 is 0. The Hall–Kier alpha value is -3.09. The highest BCUT2D eigenvalue weighted by Gasteiger charge is 2.27. The Kier molecular flexibility index (Phi) is 31.4. The molecule has 0 saturated carbocycles. The summed E-state index contributed by atoms with van der Waals surface area (Å²) in [4.78, 5) is 58.3. The lowest BCUT2D eigenvalue weighted by Crippen LogP contribution is -2.37. The number of phosphoric acid groups is 1. The van der Waals surface area contributed by atoms with E-state index in [1.165, 1.54) is 12.2 Å². The maximum Gasteiger partial charge on any atom is 0.472 e. The van der Waals surface area contributed by atoms with Crippen LogP contribution in [0.15, 0.2) is 48.6 Å². The van der Waals surface area contributed by atoms with Crippen molar-refractivity contribution in [3.05, 3.63) is 48.6 Å². The van der Waals surface area contributed by atoms with E-state index >= 15 is 0 Å². The molecule has 0 heterocycles. The highest BCUT2D eigenvalue weighted by molar-refractivity contribution is 7.47. The van der Waals surface area contributed by atoms with Crippen molar-refractivity contribution in [2.75, 3.05) is 60.7 Å². The SMILES string of the molecule is C/C=C/C=C/C(=O)OCCCCCCCCCC(=O)OC[C@H](COP(=O)(O)OCC[N+](C)(C)C)OC(=O)CCCCCCCCCOC(=O)/C=C/C=C/C. The van der Waals surface area contributed by atoms with Crippen LogP contribution in [0.3, 0.4) is 0 Å². The van der Waals surface area contributed by atoms with Gasteiger partial charge in [0.15, 0.2) is 6.10 Å². The first-order valence-corrected chi connectivity index (χ1v) is 21.0. The molecule has 0 aliphatic rings. The van der Waals surface area contributed by atoms with Crippen molar-refractivity contribution in [3.63, 3.8) is 0 Å². The zero-order valence-corrected chi connectivity index (χ0v) is 34.5. The molecule has 54 heavy (non-hydrogen) atoms. The maximum absolute atomic E-state index is 12.6. The van der Waals surface area contributed by atoms with E-state index in [9.17, 15) is 28.6 Å². The average molecular weight is 787 g/mol. The van der Waals surface area contributed by atoms with Crippen LogP contribution in [0, 0.1) is 0 Å². The molecule has 1 unspecified atom stereocenters. The van der Waals surface area contributed by atoms with E-state index < -0.39 is 32.5 Å². The number of allylic oxidation sites excluding steroid dienone is 6. The van der Waals surface area contributed by atoms with Crippen LogP contribution in [-0.2, 0) is 51.7 Å². The highest BCUT2D eigenvalue weighted by Crippen LogP contribution is 2.43. The molecule has 0 aliphatic heterocycles. The third-order valence-electron chi connectivity index (χ3n) is 7.78. The molecule has 0 aromatic rings. The number of ether oxygens (including phenoxy) is 4.